The molecule has 0 saturated heterocycles. The average molecular weight is 296 g/mol. The fourth-order valence-corrected chi connectivity index (χ4v) is 2.35. The molecule has 0 aliphatic rings. The molecule has 0 aliphatic carbocycles. The van der Waals surface area contributed by atoms with Crippen molar-refractivity contribution in [1.29, 1.82) is 5.26 Å². The van der Waals surface area contributed by atoms with Gasteiger partial charge in [-0.25, -0.2) is 9.78 Å². The Bertz CT molecular complexity index is 781. The van der Waals surface area contributed by atoms with Crippen molar-refractivity contribution in [3.05, 3.63) is 51.7 Å². The lowest BCUT2D eigenvalue weighted by molar-refractivity contribution is 0.0693. The molecule has 0 spiro atoms. The van der Waals surface area contributed by atoms with E-state index in [-0.39, 0.29) is 17.0 Å². The van der Waals surface area contributed by atoms with Crippen LogP contribution in [-0.2, 0) is 0 Å². The molecule has 0 unspecified atom stereocenters. The zero-order chi connectivity index (χ0) is 16.4. The second kappa shape index (κ2) is 5.86. The number of nitrogens with zero attached hydrogens (tertiary/aromatic N) is 2. The molecule has 0 bridgehead atoms. The number of benzene rings is 1. The van der Waals surface area contributed by atoms with E-state index < -0.39 is 5.97 Å². The molecule has 2 rings (SSSR count). The molecule has 0 radical (unpaired) electrons. The number of carbonyl (C=O) groups is 1. The molecule has 2 aromatic rings. The standard InChI is InChI=1S/C17H16N2O3/c1-9-5-10(2)15(11(3)6-9)22-16-14(17(20)21)7-13(8-18)12(4)19-16/h5-7H,1-4H3,(H,20,21). The van der Waals surface area contributed by atoms with Gasteiger partial charge in [0.2, 0.25) is 5.88 Å². The van der Waals surface area contributed by atoms with Crippen molar-refractivity contribution in [1.82, 2.24) is 4.98 Å². The minimum absolute atomic E-state index is 0.000877. The summed E-state index contributed by atoms with van der Waals surface area (Å²) in [5.41, 5.74) is 3.44. The monoisotopic (exact) mass is 296 g/mol. The third kappa shape index (κ3) is 2.91. The summed E-state index contributed by atoms with van der Waals surface area (Å²) < 4.78 is 5.77. The summed E-state index contributed by atoms with van der Waals surface area (Å²) in [7, 11) is 0. The summed E-state index contributed by atoms with van der Waals surface area (Å²) in [6.07, 6.45) is 0. The number of aryl methyl sites for hydroxylation is 4. The van der Waals surface area contributed by atoms with Gasteiger partial charge in [-0.15, -0.1) is 0 Å². The Kier molecular flexibility index (Phi) is 4.13. The molecule has 112 valence electrons. The Morgan fingerprint density at radius 3 is 2.27 bits per heavy atom. The Morgan fingerprint density at radius 1 is 1.18 bits per heavy atom. The fourth-order valence-electron chi connectivity index (χ4n) is 2.35. The molecule has 0 fully saturated rings. The van der Waals surface area contributed by atoms with Crippen LogP contribution in [0.5, 0.6) is 11.6 Å². The summed E-state index contributed by atoms with van der Waals surface area (Å²) in [5.74, 6) is -0.592. The number of aromatic nitrogens is 1. The van der Waals surface area contributed by atoms with Crippen molar-refractivity contribution in [3.8, 4) is 17.7 Å². The second-order valence-corrected chi connectivity index (χ2v) is 5.22. The third-order valence-corrected chi connectivity index (χ3v) is 3.33. The number of pyridine rings is 1. The molecule has 5 nitrogen and oxygen atoms in total. The Hall–Kier alpha value is -2.87. The Balaban J connectivity index is 2.57. The number of carboxylic acid groups (broad SMARTS) is 1. The highest BCUT2D eigenvalue weighted by molar-refractivity contribution is 5.90. The lowest BCUT2D eigenvalue weighted by Gasteiger charge is -2.14. The fraction of sp³-hybridized carbons (Fsp3) is 0.235. The molecule has 22 heavy (non-hydrogen) atoms. The van der Waals surface area contributed by atoms with Crippen molar-refractivity contribution in [2.24, 2.45) is 0 Å². The molecule has 0 amide bonds. The van der Waals surface area contributed by atoms with E-state index >= 15 is 0 Å². The highest BCUT2D eigenvalue weighted by Crippen LogP contribution is 2.31. The van der Waals surface area contributed by atoms with E-state index in [1.807, 2.05) is 39.0 Å². The van der Waals surface area contributed by atoms with Gasteiger partial charge in [0.05, 0.1) is 11.3 Å². The van der Waals surface area contributed by atoms with Gasteiger partial charge in [0.15, 0.2) is 0 Å². The molecule has 0 aliphatic heterocycles. The van der Waals surface area contributed by atoms with Gasteiger partial charge in [0.25, 0.3) is 0 Å². The predicted octanol–water partition coefficient (Wildman–Crippen LogP) is 3.68. The normalized spacial score (nSPS) is 10.1. The highest BCUT2D eigenvalue weighted by Gasteiger charge is 2.18. The van der Waals surface area contributed by atoms with Crippen LogP contribution in [0.2, 0.25) is 0 Å². The van der Waals surface area contributed by atoms with Crippen molar-refractivity contribution in [3.63, 3.8) is 0 Å². The van der Waals surface area contributed by atoms with Crippen molar-refractivity contribution >= 4 is 5.97 Å². The van der Waals surface area contributed by atoms with E-state index in [2.05, 4.69) is 4.98 Å². The molecular formula is C17H16N2O3. The maximum absolute atomic E-state index is 11.4. The number of carboxylic acids is 1. The Morgan fingerprint density at radius 2 is 1.77 bits per heavy atom. The van der Waals surface area contributed by atoms with Crippen LogP contribution < -0.4 is 4.74 Å². The molecule has 5 heteroatoms. The summed E-state index contributed by atoms with van der Waals surface area (Å²) in [4.78, 5) is 15.5. The number of hydrogen-bond donors (Lipinski definition) is 1. The quantitative estimate of drug-likeness (QED) is 0.934. The topological polar surface area (TPSA) is 83.2 Å². The first-order valence-electron chi connectivity index (χ1n) is 6.74. The summed E-state index contributed by atoms with van der Waals surface area (Å²) >= 11 is 0. The van der Waals surface area contributed by atoms with Gasteiger partial charge in [0.1, 0.15) is 17.4 Å². The van der Waals surface area contributed by atoms with Crippen LogP contribution in [0.1, 0.15) is 38.3 Å². The average Bonchev–Trinajstić information content (AvgIpc) is 2.42. The van der Waals surface area contributed by atoms with Gasteiger partial charge in [-0.05, 0) is 44.9 Å². The number of rotatable bonds is 3. The van der Waals surface area contributed by atoms with E-state index in [9.17, 15) is 9.90 Å². The lowest BCUT2D eigenvalue weighted by atomic mass is 10.1. The SMILES string of the molecule is Cc1cc(C)c(Oc2nc(C)c(C#N)cc2C(=O)O)c(C)c1. The molecule has 0 saturated carbocycles. The molecule has 1 aromatic carbocycles. The van der Waals surface area contributed by atoms with E-state index in [1.54, 1.807) is 6.92 Å². The highest BCUT2D eigenvalue weighted by atomic mass is 16.5. The predicted molar refractivity (Wildman–Crippen MR) is 81.4 cm³/mol. The van der Waals surface area contributed by atoms with Crippen LogP contribution in [0.15, 0.2) is 18.2 Å². The van der Waals surface area contributed by atoms with Gasteiger partial charge in [-0.1, -0.05) is 17.7 Å². The van der Waals surface area contributed by atoms with E-state index in [0.29, 0.717) is 11.4 Å². The van der Waals surface area contributed by atoms with Gasteiger partial charge < -0.3 is 9.84 Å². The maximum Gasteiger partial charge on any atom is 0.341 e. The first-order valence-corrected chi connectivity index (χ1v) is 6.74. The zero-order valence-electron chi connectivity index (χ0n) is 12.9. The molecule has 1 heterocycles. The van der Waals surface area contributed by atoms with Gasteiger partial charge in [-0.2, -0.15) is 5.26 Å². The van der Waals surface area contributed by atoms with E-state index in [4.69, 9.17) is 10.00 Å². The van der Waals surface area contributed by atoms with E-state index in [1.165, 1.54) is 6.07 Å². The first-order chi connectivity index (χ1) is 10.3. The van der Waals surface area contributed by atoms with Gasteiger partial charge >= 0.3 is 5.97 Å². The van der Waals surface area contributed by atoms with Crippen LogP contribution in [0, 0.1) is 39.0 Å². The smallest absolute Gasteiger partial charge is 0.341 e. The van der Waals surface area contributed by atoms with Crippen LogP contribution in [-0.4, -0.2) is 16.1 Å². The van der Waals surface area contributed by atoms with Crippen LogP contribution in [0.4, 0.5) is 0 Å². The maximum atomic E-state index is 11.4. The number of ether oxygens (including phenoxy) is 1. The minimum atomic E-state index is -1.18. The lowest BCUT2D eigenvalue weighted by Crippen LogP contribution is -2.06. The largest absolute Gasteiger partial charge is 0.477 e. The molecule has 1 aromatic heterocycles. The van der Waals surface area contributed by atoms with Crippen molar-refractivity contribution in [2.45, 2.75) is 27.7 Å². The number of aromatic carboxylic acids is 1. The molecular weight excluding hydrogens is 280 g/mol. The van der Waals surface area contributed by atoms with Crippen molar-refractivity contribution < 1.29 is 14.6 Å². The second-order valence-electron chi connectivity index (χ2n) is 5.22. The minimum Gasteiger partial charge on any atom is -0.477 e. The molecule has 1 N–H and O–H groups in total. The van der Waals surface area contributed by atoms with E-state index in [0.717, 1.165) is 16.7 Å². The number of hydrogen-bond acceptors (Lipinski definition) is 4. The van der Waals surface area contributed by atoms with Crippen LogP contribution in [0.25, 0.3) is 0 Å². The zero-order valence-corrected chi connectivity index (χ0v) is 12.9. The summed E-state index contributed by atoms with van der Waals surface area (Å²) in [6.45, 7) is 7.42. The first kappa shape index (κ1) is 15.5. The Labute approximate surface area is 128 Å². The third-order valence-electron chi connectivity index (χ3n) is 3.33. The number of nitriles is 1. The van der Waals surface area contributed by atoms with Crippen LogP contribution >= 0.6 is 0 Å². The summed E-state index contributed by atoms with van der Waals surface area (Å²) in [5, 5.41) is 18.3. The molecule has 0 atom stereocenters. The summed E-state index contributed by atoms with van der Waals surface area (Å²) in [6, 6.07) is 7.14. The van der Waals surface area contributed by atoms with Crippen LogP contribution in [0.3, 0.4) is 0 Å². The van der Waals surface area contributed by atoms with Gasteiger partial charge in [-0.3, -0.25) is 0 Å². The van der Waals surface area contributed by atoms with Crippen molar-refractivity contribution in [2.75, 3.05) is 0 Å². The van der Waals surface area contributed by atoms with Gasteiger partial charge in [0, 0.05) is 0 Å².